The zero-order valence-corrected chi connectivity index (χ0v) is 9.94. The van der Waals surface area contributed by atoms with E-state index in [-0.39, 0.29) is 5.91 Å². The average molecular weight is 231 g/mol. The average Bonchev–Trinajstić information content (AvgIpc) is 2.69. The van der Waals surface area contributed by atoms with Crippen LogP contribution in [0.15, 0.2) is 30.5 Å². The second-order valence-electron chi connectivity index (χ2n) is 4.03. The van der Waals surface area contributed by atoms with Crippen LogP contribution in [-0.2, 0) is 11.3 Å². The highest BCUT2D eigenvalue weighted by molar-refractivity contribution is 5.83. The van der Waals surface area contributed by atoms with Crippen LogP contribution in [0, 0.1) is 0 Å². The fourth-order valence-corrected chi connectivity index (χ4v) is 1.90. The minimum atomic E-state index is 0.0817. The number of anilines is 1. The first-order valence-corrected chi connectivity index (χ1v) is 5.82. The lowest BCUT2D eigenvalue weighted by Gasteiger charge is -2.06. The number of fused-ring (bicyclic) bond motifs is 1. The van der Waals surface area contributed by atoms with Gasteiger partial charge in [0.2, 0.25) is 5.91 Å². The van der Waals surface area contributed by atoms with E-state index in [1.54, 1.807) is 0 Å². The molecule has 0 radical (unpaired) electrons. The Morgan fingerprint density at radius 3 is 3.00 bits per heavy atom. The van der Waals surface area contributed by atoms with E-state index in [2.05, 4.69) is 9.88 Å². The number of rotatable bonds is 4. The third-order valence-electron chi connectivity index (χ3n) is 2.75. The van der Waals surface area contributed by atoms with Crippen LogP contribution in [0.2, 0.25) is 0 Å². The number of carbonyl (C=O) groups is 1. The standard InChI is InChI=1S/C13H17N3O/c1-2-15-13(17)6-8-16-7-5-10-3-4-11(14)9-12(10)16/h3-5,7,9H,2,6,8,14H2,1H3,(H,15,17). The molecule has 0 aliphatic rings. The quantitative estimate of drug-likeness (QED) is 0.787. The summed E-state index contributed by atoms with van der Waals surface area (Å²) < 4.78 is 2.06. The normalized spacial score (nSPS) is 10.6. The molecule has 0 saturated carbocycles. The molecule has 1 aromatic heterocycles. The summed E-state index contributed by atoms with van der Waals surface area (Å²) >= 11 is 0. The number of amides is 1. The van der Waals surface area contributed by atoms with Gasteiger partial charge >= 0.3 is 0 Å². The Labute approximate surface area is 100 Å². The summed E-state index contributed by atoms with van der Waals surface area (Å²) in [5.74, 6) is 0.0817. The maximum atomic E-state index is 11.4. The molecule has 4 heteroatoms. The van der Waals surface area contributed by atoms with Crippen molar-refractivity contribution in [2.45, 2.75) is 19.9 Å². The molecule has 1 heterocycles. The van der Waals surface area contributed by atoms with Crippen LogP contribution in [0.4, 0.5) is 5.69 Å². The van der Waals surface area contributed by atoms with Crippen LogP contribution in [0.25, 0.3) is 10.9 Å². The molecule has 0 bridgehead atoms. The van der Waals surface area contributed by atoms with Gasteiger partial charge in [-0.05, 0) is 30.5 Å². The van der Waals surface area contributed by atoms with E-state index < -0.39 is 0 Å². The van der Waals surface area contributed by atoms with Crippen LogP contribution in [0.3, 0.4) is 0 Å². The molecule has 0 aliphatic carbocycles. The fraction of sp³-hybridized carbons (Fsp3) is 0.308. The molecular formula is C13H17N3O. The summed E-state index contributed by atoms with van der Waals surface area (Å²) in [6.45, 7) is 3.28. The maximum Gasteiger partial charge on any atom is 0.221 e. The van der Waals surface area contributed by atoms with Gasteiger partial charge in [-0.15, -0.1) is 0 Å². The Morgan fingerprint density at radius 2 is 2.24 bits per heavy atom. The molecule has 0 fully saturated rings. The molecule has 0 unspecified atom stereocenters. The highest BCUT2D eigenvalue weighted by Crippen LogP contribution is 2.18. The minimum absolute atomic E-state index is 0.0817. The molecular weight excluding hydrogens is 214 g/mol. The van der Waals surface area contributed by atoms with Crippen molar-refractivity contribution in [2.24, 2.45) is 0 Å². The maximum absolute atomic E-state index is 11.4. The number of aromatic nitrogens is 1. The summed E-state index contributed by atoms with van der Waals surface area (Å²) in [5, 5.41) is 3.94. The molecule has 17 heavy (non-hydrogen) atoms. The molecule has 1 aromatic carbocycles. The predicted octanol–water partition coefficient (Wildman–Crippen LogP) is 1.75. The molecule has 0 saturated heterocycles. The Morgan fingerprint density at radius 1 is 1.41 bits per heavy atom. The Kier molecular flexibility index (Phi) is 3.32. The molecule has 2 rings (SSSR count). The topological polar surface area (TPSA) is 60.0 Å². The molecule has 4 nitrogen and oxygen atoms in total. The van der Waals surface area contributed by atoms with Crippen molar-refractivity contribution in [1.29, 1.82) is 0 Å². The van der Waals surface area contributed by atoms with E-state index in [1.807, 2.05) is 37.4 Å². The predicted molar refractivity (Wildman–Crippen MR) is 69.7 cm³/mol. The molecule has 0 aliphatic heterocycles. The van der Waals surface area contributed by atoms with Crippen molar-refractivity contribution < 1.29 is 4.79 Å². The van der Waals surface area contributed by atoms with Gasteiger partial charge < -0.3 is 15.6 Å². The summed E-state index contributed by atoms with van der Waals surface area (Å²) in [6, 6.07) is 7.85. The Bertz CT molecular complexity index is 530. The van der Waals surface area contributed by atoms with Gasteiger partial charge in [-0.25, -0.2) is 0 Å². The Hall–Kier alpha value is -1.97. The van der Waals surface area contributed by atoms with Crippen molar-refractivity contribution in [3.63, 3.8) is 0 Å². The number of nitrogens with one attached hydrogen (secondary N) is 1. The number of nitrogens with zero attached hydrogens (tertiary/aromatic N) is 1. The zero-order chi connectivity index (χ0) is 12.3. The van der Waals surface area contributed by atoms with Crippen LogP contribution >= 0.6 is 0 Å². The van der Waals surface area contributed by atoms with E-state index in [1.165, 1.54) is 0 Å². The molecule has 90 valence electrons. The van der Waals surface area contributed by atoms with Gasteiger partial charge in [0.05, 0.1) is 5.52 Å². The molecule has 2 aromatic rings. The third kappa shape index (κ3) is 2.58. The first-order chi connectivity index (χ1) is 8.20. The minimum Gasteiger partial charge on any atom is -0.399 e. The van der Waals surface area contributed by atoms with Gasteiger partial charge in [-0.2, -0.15) is 0 Å². The highest BCUT2D eigenvalue weighted by atomic mass is 16.1. The van der Waals surface area contributed by atoms with Gasteiger partial charge in [0.25, 0.3) is 0 Å². The van der Waals surface area contributed by atoms with Crippen molar-refractivity contribution in [2.75, 3.05) is 12.3 Å². The van der Waals surface area contributed by atoms with E-state index in [9.17, 15) is 4.79 Å². The van der Waals surface area contributed by atoms with E-state index >= 15 is 0 Å². The smallest absolute Gasteiger partial charge is 0.221 e. The summed E-state index contributed by atoms with van der Waals surface area (Å²) in [5.41, 5.74) is 7.59. The largest absolute Gasteiger partial charge is 0.399 e. The lowest BCUT2D eigenvalue weighted by atomic mass is 10.2. The summed E-state index contributed by atoms with van der Waals surface area (Å²) in [6.07, 6.45) is 2.48. The number of hydrogen-bond acceptors (Lipinski definition) is 2. The highest BCUT2D eigenvalue weighted by Gasteiger charge is 2.04. The van der Waals surface area contributed by atoms with Crippen LogP contribution < -0.4 is 11.1 Å². The second-order valence-corrected chi connectivity index (χ2v) is 4.03. The lowest BCUT2D eigenvalue weighted by Crippen LogP contribution is -2.23. The van der Waals surface area contributed by atoms with Crippen molar-refractivity contribution in [3.8, 4) is 0 Å². The molecule has 1 amide bonds. The molecule has 3 N–H and O–H groups in total. The lowest BCUT2D eigenvalue weighted by molar-refractivity contribution is -0.121. The number of nitrogens with two attached hydrogens (primary N) is 1. The molecule has 0 spiro atoms. The van der Waals surface area contributed by atoms with Crippen molar-refractivity contribution in [1.82, 2.24) is 9.88 Å². The van der Waals surface area contributed by atoms with Crippen LogP contribution in [-0.4, -0.2) is 17.0 Å². The number of aryl methyl sites for hydroxylation is 1. The van der Waals surface area contributed by atoms with E-state index in [0.29, 0.717) is 19.5 Å². The van der Waals surface area contributed by atoms with Crippen LogP contribution in [0.1, 0.15) is 13.3 Å². The first kappa shape index (κ1) is 11.5. The molecule has 0 atom stereocenters. The van der Waals surface area contributed by atoms with Gasteiger partial charge in [-0.3, -0.25) is 4.79 Å². The van der Waals surface area contributed by atoms with Gasteiger partial charge in [0.1, 0.15) is 0 Å². The monoisotopic (exact) mass is 231 g/mol. The number of hydrogen-bond donors (Lipinski definition) is 2. The van der Waals surface area contributed by atoms with Gasteiger partial charge in [-0.1, -0.05) is 6.07 Å². The number of benzene rings is 1. The number of nitrogen functional groups attached to an aromatic ring is 1. The fourth-order valence-electron chi connectivity index (χ4n) is 1.90. The first-order valence-electron chi connectivity index (χ1n) is 5.82. The zero-order valence-electron chi connectivity index (χ0n) is 9.94. The summed E-state index contributed by atoms with van der Waals surface area (Å²) in [4.78, 5) is 11.4. The Balaban J connectivity index is 2.13. The number of carbonyl (C=O) groups excluding carboxylic acids is 1. The van der Waals surface area contributed by atoms with Gasteiger partial charge in [0, 0.05) is 31.4 Å². The van der Waals surface area contributed by atoms with Crippen molar-refractivity contribution in [3.05, 3.63) is 30.5 Å². The van der Waals surface area contributed by atoms with Crippen LogP contribution in [0.5, 0.6) is 0 Å². The van der Waals surface area contributed by atoms with E-state index in [0.717, 1.165) is 16.6 Å². The second kappa shape index (κ2) is 4.91. The van der Waals surface area contributed by atoms with Gasteiger partial charge in [0.15, 0.2) is 0 Å². The SMILES string of the molecule is CCNC(=O)CCn1ccc2ccc(N)cc21. The third-order valence-corrected chi connectivity index (χ3v) is 2.75. The summed E-state index contributed by atoms with van der Waals surface area (Å²) in [7, 11) is 0. The van der Waals surface area contributed by atoms with Crippen molar-refractivity contribution >= 4 is 22.5 Å². The van der Waals surface area contributed by atoms with E-state index in [4.69, 9.17) is 5.73 Å².